The van der Waals surface area contributed by atoms with Crippen LogP contribution in [0, 0.1) is 0 Å². The van der Waals surface area contributed by atoms with Crippen molar-refractivity contribution in [3.63, 3.8) is 0 Å². The molecule has 0 aromatic heterocycles. The van der Waals surface area contributed by atoms with E-state index in [2.05, 4.69) is 43.9 Å². The molecule has 2 N–H and O–H groups in total. The van der Waals surface area contributed by atoms with Crippen LogP contribution >= 0.6 is 0 Å². The second kappa shape index (κ2) is 4.84. The fraction of sp³-hybridized carbons (Fsp3) is 0.143. The van der Waals surface area contributed by atoms with Crippen LogP contribution in [0.5, 0.6) is 0 Å². The summed E-state index contributed by atoms with van der Waals surface area (Å²) in [5, 5.41) is 0. The molecule has 6 heteroatoms. The third kappa shape index (κ3) is 2.86. The zero-order valence-electron chi connectivity index (χ0n) is 7.04. The topological polar surface area (TPSA) is 27.3 Å². The largest absolute Gasteiger partial charge is 0.337 e. The summed E-state index contributed by atoms with van der Waals surface area (Å²) in [7, 11) is 2.26. The van der Waals surface area contributed by atoms with E-state index in [0.717, 1.165) is 36.1 Å². The Morgan fingerprint density at radius 3 is 2.46 bits per heavy atom. The van der Waals surface area contributed by atoms with Gasteiger partial charge < -0.3 is 13.5 Å². The molecule has 13 heavy (non-hydrogen) atoms. The predicted molar refractivity (Wildman–Crippen MR) is 55.5 cm³/mol. The predicted octanol–water partition coefficient (Wildman–Crippen LogP) is -0.716. The summed E-state index contributed by atoms with van der Waals surface area (Å²) in [6.07, 6.45) is 0. The highest BCUT2D eigenvalue weighted by Crippen LogP contribution is 2.01. The number of nitrogens with one attached hydrogen (secondary N) is 2. The molecular formula is C7H9N3Si3. The monoisotopic (exact) mass is 219 g/mol. The average Bonchev–Trinajstić information content (AvgIpc) is 2.21. The SMILES string of the molecule is c1ccc(CN2[Si]N[Si]N[Si]2)cc1. The highest BCUT2D eigenvalue weighted by atomic mass is 28.4. The van der Waals surface area contributed by atoms with E-state index < -0.39 is 0 Å². The highest BCUT2D eigenvalue weighted by Gasteiger charge is 2.12. The van der Waals surface area contributed by atoms with E-state index in [0.29, 0.717) is 0 Å². The van der Waals surface area contributed by atoms with Crippen molar-refractivity contribution in [2.75, 3.05) is 0 Å². The van der Waals surface area contributed by atoms with Crippen molar-refractivity contribution < 1.29 is 0 Å². The zero-order valence-corrected chi connectivity index (χ0v) is 10.0. The van der Waals surface area contributed by atoms with Crippen LogP contribution in [0.25, 0.3) is 0 Å². The van der Waals surface area contributed by atoms with E-state index >= 15 is 0 Å². The van der Waals surface area contributed by atoms with Crippen molar-refractivity contribution >= 4 is 29.5 Å². The van der Waals surface area contributed by atoms with Gasteiger partial charge in [-0.25, -0.2) is 0 Å². The molecule has 1 heterocycles. The molecule has 64 valence electrons. The number of hydrogen-bond donors (Lipinski definition) is 2. The highest BCUT2D eigenvalue weighted by molar-refractivity contribution is 6.65. The molecule has 0 spiro atoms. The van der Waals surface area contributed by atoms with Crippen molar-refractivity contribution in [3.8, 4) is 0 Å². The minimum atomic E-state index is 0.731. The van der Waals surface area contributed by atoms with Crippen molar-refractivity contribution in [2.45, 2.75) is 6.54 Å². The Labute approximate surface area is 85.9 Å². The summed E-state index contributed by atoms with van der Waals surface area (Å²) in [5.41, 5.74) is 1.39. The number of hydrogen-bond acceptors (Lipinski definition) is 3. The third-order valence-corrected chi connectivity index (χ3v) is 5.11. The van der Waals surface area contributed by atoms with Crippen LogP contribution in [-0.4, -0.2) is 33.8 Å². The van der Waals surface area contributed by atoms with Crippen LogP contribution < -0.4 is 9.30 Å². The second-order valence-electron chi connectivity index (χ2n) is 2.67. The van der Waals surface area contributed by atoms with E-state index in [1.54, 1.807) is 0 Å². The normalized spacial score (nSPS) is 18.8. The maximum atomic E-state index is 3.33. The van der Waals surface area contributed by atoms with E-state index in [-0.39, 0.29) is 0 Å². The molecule has 1 aromatic carbocycles. The van der Waals surface area contributed by atoms with Gasteiger partial charge in [-0.3, -0.25) is 0 Å². The Bertz CT molecular complexity index is 250. The minimum Gasteiger partial charge on any atom is -0.337 e. The molecule has 1 fully saturated rings. The molecule has 0 amide bonds. The lowest BCUT2D eigenvalue weighted by Crippen LogP contribution is -2.57. The molecule has 6 radical (unpaired) electrons. The zero-order chi connectivity index (χ0) is 8.93. The smallest absolute Gasteiger partial charge is 0.234 e. The third-order valence-electron chi connectivity index (χ3n) is 1.69. The first-order valence-electron chi connectivity index (χ1n) is 4.03. The fourth-order valence-corrected chi connectivity index (χ4v) is 5.19. The van der Waals surface area contributed by atoms with Crippen molar-refractivity contribution in [3.05, 3.63) is 35.9 Å². The van der Waals surface area contributed by atoms with E-state index in [9.17, 15) is 0 Å². The first kappa shape index (κ1) is 9.31. The lowest BCUT2D eigenvalue weighted by Gasteiger charge is -2.24. The summed E-state index contributed by atoms with van der Waals surface area (Å²) in [6, 6.07) is 10.6. The standard InChI is InChI=1S/C7H9N3Si3/c1-2-4-7(5-3-1)6-10-12-8-11-9-13-10/h1-5,8-9H,6H2. The molecule has 1 aromatic rings. The summed E-state index contributed by atoms with van der Waals surface area (Å²) in [4.78, 5) is 0. The Hall–Kier alpha value is -0.249. The first-order valence-corrected chi connectivity index (χ1v) is 6.92. The fourth-order valence-electron chi connectivity index (χ4n) is 1.10. The Morgan fingerprint density at radius 1 is 1.08 bits per heavy atom. The van der Waals surface area contributed by atoms with E-state index in [1.807, 2.05) is 0 Å². The maximum Gasteiger partial charge on any atom is 0.234 e. The summed E-state index contributed by atoms with van der Waals surface area (Å²) in [6.45, 7) is 1.04. The van der Waals surface area contributed by atoms with Gasteiger partial charge >= 0.3 is 0 Å². The van der Waals surface area contributed by atoms with Gasteiger partial charge in [-0.1, -0.05) is 30.3 Å². The Balaban J connectivity index is 1.90. The van der Waals surface area contributed by atoms with Crippen LogP contribution in [0.2, 0.25) is 0 Å². The second-order valence-corrected chi connectivity index (χ2v) is 6.89. The lowest BCUT2D eigenvalue weighted by molar-refractivity contribution is 0.652. The maximum absolute atomic E-state index is 3.33. The molecule has 0 saturated carbocycles. The van der Waals surface area contributed by atoms with Gasteiger partial charge in [0, 0.05) is 6.54 Å². The molecule has 0 unspecified atom stereocenters. The molecule has 0 bridgehead atoms. The molecule has 1 saturated heterocycles. The van der Waals surface area contributed by atoms with Gasteiger partial charge in [0.15, 0.2) is 0 Å². The van der Waals surface area contributed by atoms with Gasteiger partial charge in [-0.05, 0) is 5.56 Å². The summed E-state index contributed by atoms with van der Waals surface area (Å²) >= 11 is 0. The Morgan fingerprint density at radius 2 is 1.77 bits per heavy atom. The quantitative estimate of drug-likeness (QED) is 0.643. The van der Waals surface area contributed by atoms with E-state index in [1.165, 1.54) is 5.56 Å². The molecule has 3 nitrogen and oxygen atoms in total. The first-order chi connectivity index (χ1) is 6.45. The molecule has 2 rings (SSSR count). The molecular weight excluding hydrogens is 210 g/mol. The van der Waals surface area contributed by atoms with Gasteiger partial charge in [0.2, 0.25) is 29.5 Å². The summed E-state index contributed by atoms with van der Waals surface area (Å²) < 4.78 is 9.06. The van der Waals surface area contributed by atoms with Crippen LogP contribution in [-0.2, 0) is 6.54 Å². The van der Waals surface area contributed by atoms with Gasteiger partial charge in [0.05, 0.1) is 0 Å². The van der Waals surface area contributed by atoms with Gasteiger partial charge in [0.25, 0.3) is 0 Å². The van der Waals surface area contributed by atoms with Gasteiger partial charge in [-0.2, -0.15) is 0 Å². The average molecular weight is 219 g/mol. The molecule has 1 aliphatic heterocycles. The van der Waals surface area contributed by atoms with Gasteiger partial charge in [0.1, 0.15) is 0 Å². The van der Waals surface area contributed by atoms with Crippen LogP contribution in [0.1, 0.15) is 5.56 Å². The van der Waals surface area contributed by atoms with Crippen molar-refractivity contribution in [1.29, 1.82) is 0 Å². The van der Waals surface area contributed by atoms with E-state index in [4.69, 9.17) is 0 Å². The lowest BCUT2D eigenvalue weighted by atomic mass is 10.2. The number of nitrogens with zero attached hydrogens (tertiary/aromatic N) is 1. The Kier molecular flexibility index (Phi) is 3.47. The molecule has 0 atom stereocenters. The van der Waals surface area contributed by atoms with Crippen LogP contribution in [0.3, 0.4) is 0 Å². The number of benzene rings is 1. The molecule has 1 aliphatic rings. The number of rotatable bonds is 2. The van der Waals surface area contributed by atoms with Crippen molar-refractivity contribution in [2.24, 2.45) is 0 Å². The summed E-state index contributed by atoms with van der Waals surface area (Å²) in [5.74, 6) is 0. The van der Waals surface area contributed by atoms with Crippen LogP contribution in [0.15, 0.2) is 30.3 Å². The van der Waals surface area contributed by atoms with Crippen LogP contribution in [0.4, 0.5) is 0 Å². The van der Waals surface area contributed by atoms with Crippen molar-refractivity contribution in [1.82, 2.24) is 13.5 Å². The molecule has 0 aliphatic carbocycles. The minimum absolute atomic E-state index is 0.731. The van der Waals surface area contributed by atoms with Gasteiger partial charge in [-0.15, -0.1) is 0 Å².